The molecule has 0 spiro atoms. The van der Waals surface area contributed by atoms with Gasteiger partial charge in [-0.15, -0.1) is 0 Å². The number of hydrogen-bond donors (Lipinski definition) is 2. The van der Waals surface area contributed by atoms with Gasteiger partial charge in [0.1, 0.15) is 11.3 Å². The Balaban J connectivity index is 1.39. The van der Waals surface area contributed by atoms with Gasteiger partial charge in [0.2, 0.25) is 11.8 Å². The number of rotatable bonds is 5. The average molecular weight is 499 g/mol. The minimum absolute atomic E-state index is 0.309. The second-order valence-corrected chi connectivity index (χ2v) is 8.78. The molecule has 0 atom stereocenters. The van der Waals surface area contributed by atoms with Crippen molar-refractivity contribution in [2.75, 3.05) is 12.4 Å². The molecule has 0 amide bonds. The van der Waals surface area contributed by atoms with Gasteiger partial charge in [-0.2, -0.15) is 0 Å². The SMILES string of the molecule is CNCc1nc2ccc(Nc3ncc4c(n3)-c3ccc(Cl)cc3C(c3ccccc3F)=NC4)cc2o1. The predicted molar refractivity (Wildman–Crippen MR) is 138 cm³/mol. The third-order valence-electron chi connectivity index (χ3n) is 5.91. The van der Waals surface area contributed by atoms with Gasteiger partial charge in [0.15, 0.2) is 5.58 Å². The number of aliphatic imine (C=N–C) groups is 1. The van der Waals surface area contributed by atoms with Gasteiger partial charge < -0.3 is 15.1 Å². The molecule has 0 aliphatic carbocycles. The number of aromatic nitrogens is 3. The average Bonchev–Trinajstić information content (AvgIpc) is 3.20. The summed E-state index contributed by atoms with van der Waals surface area (Å²) in [5.74, 6) is 0.687. The highest BCUT2D eigenvalue weighted by Gasteiger charge is 2.23. The van der Waals surface area contributed by atoms with E-state index in [1.165, 1.54) is 6.07 Å². The lowest BCUT2D eigenvalue weighted by Gasteiger charge is -2.13. The zero-order chi connectivity index (χ0) is 24.6. The number of fused-ring (bicyclic) bond motifs is 4. The molecule has 0 bridgehead atoms. The van der Waals surface area contributed by atoms with Crippen LogP contribution in [0.4, 0.5) is 16.0 Å². The van der Waals surface area contributed by atoms with E-state index in [0.29, 0.717) is 52.5 Å². The molecule has 0 unspecified atom stereocenters. The van der Waals surface area contributed by atoms with Crippen molar-refractivity contribution in [1.82, 2.24) is 20.3 Å². The first kappa shape index (κ1) is 22.3. The second-order valence-electron chi connectivity index (χ2n) is 8.35. The van der Waals surface area contributed by atoms with Crippen LogP contribution in [0.15, 0.2) is 76.3 Å². The van der Waals surface area contributed by atoms with E-state index in [-0.39, 0.29) is 5.82 Å². The molecule has 0 radical (unpaired) electrons. The van der Waals surface area contributed by atoms with Crippen LogP contribution < -0.4 is 10.6 Å². The Bertz CT molecular complexity index is 1650. The normalized spacial score (nSPS) is 12.6. The maximum atomic E-state index is 14.7. The predicted octanol–water partition coefficient (Wildman–Crippen LogP) is 5.89. The molecular formula is C27H20ClFN6O. The molecule has 36 heavy (non-hydrogen) atoms. The third kappa shape index (κ3) is 4.10. The summed E-state index contributed by atoms with van der Waals surface area (Å²) >= 11 is 6.35. The van der Waals surface area contributed by atoms with Gasteiger partial charge in [0, 0.05) is 45.2 Å². The molecule has 6 rings (SSSR count). The molecule has 0 saturated carbocycles. The fraction of sp³-hybridized carbons (Fsp3) is 0.111. The van der Waals surface area contributed by atoms with E-state index in [0.717, 1.165) is 27.9 Å². The maximum Gasteiger partial charge on any atom is 0.227 e. The topological polar surface area (TPSA) is 88.2 Å². The van der Waals surface area contributed by atoms with Crippen LogP contribution in [0.3, 0.4) is 0 Å². The van der Waals surface area contributed by atoms with E-state index in [9.17, 15) is 4.39 Å². The molecule has 9 heteroatoms. The van der Waals surface area contributed by atoms with Crippen molar-refractivity contribution >= 4 is 40.0 Å². The van der Waals surface area contributed by atoms with Gasteiger partial charge in [0.25, 0.3) is 0 Å². The van der Waals surface area contributed by atoms with E-state index in [1.54, 1.807) is 36.5 Å². The first-order chi connectivity index (χ1) is 17.6. The smallest absolute Gasteiger partial charge is 0.227 e. The summed E-state index contributed by atoms with van der Waals surface area (Å²) in [7, 11) is 1.84. The molecule has 1 aliphatic heterocycles. The zero-order valence-corrected chi connectivity index (χ0v) is 20.0. The first-order valence-corrected chi connectivity index (χ1v) is 11.7. The van der Waals surface area contributed by atoms with Crippen molar-refractivity contribution in [2.24, 2.45) is 4.99 Å². The molecule has 0 saturated heterocycles. The fourth-order valence-electron chi connectivity index (χ4n) is 4.27. The Morgan fingerprint density at radius 3 is 2.75 bits per heavy atom. The number of oxazole rings is 1. The van der Waals surface area contributed by atoms with Crippen LogP contribution in [-0.4, -0.2) is 27.7 Å². The molecule has 1 aliphatic rings. The minimum Gasteiger partial charge on any atom is -0.439 e. The number of halogens is 2. The Hall–Kier alpha value is -4.14. The van der Waals surface area contributed by atoms with Gasteiger partial charge in [-0.05, 0) is 43.4 Å². The van der Waals surface area contributed by atoms with E-state index < -0.39 is 0 Å². The van der Waals surface area contributed by atoms with E-state index in [1.807, 2.05) is 31.3 Å². The summed E-state index contributed by atoms with van der Waals surface area (Å²) in [6.07, 6.45) is 1.74. The van der Waals surface area contributed by atoms with Crippen molar-refractivity contribution < 1.29 is 8.81 Å². The molecule has 3 heterocycles. The van der Waals surface area contributed by atoms with Crippen LogP contribution in [0.25, 0.3) is 22.4 Å². The Morgan fingerprint density at radius 1 is 1.00 bits per heavy atom. The summed E-state index contributed by atoms with van der Waals surface area (Å²) in [5.41, 5.74) is 6.23. The summed E-state index contributed by atoms with van der Waals surface area (Å²) in [6, 6.07) is 17.7. The number of anilines is 2. The van der Waals surface area contributed by atoms with Crippen LogP contribution in [0.5, 0.6) is 0 Å². The van der Waals surface area contributed by atoms with Crippen molar-refractivity contribution in [3.05, 3.63) is 100 Å². The van der Waals surface area contributed by atoms with Crippen LogP contribution in [0, 0.1) is 5.82 Å². The van der Waals surface area contributed by atoms with Gasteiger partial charge in [-0.1, -0.05) is 29.8 Å². The molecule has 5 aromatic rings. The van der Waals surface area contributed by atoms with Crippen LogP contribution >= 0.6 is 11.6 Å². The largest absolute Gasteiger partial charge is 0.439 e. The van der Waals surface area contributed by atoms with Crippen molar-refractivity contribution in [3.63, 3.8) is 0 Å². The van der Waals surface area contributed by atoms with E-state index >= 15 is 0 Å². The molecule has 0 fully saturated rings. The molecule has 3 aromatic carbocycles. The molecule has 2 N–H and O–H groups in total. The van der Waals surface area contributed by atoms with E-state index in [4.69, 9.17) is 26.0 Å². The zero-order valence-electron chi connectivity index (χ0n) is 19.2. The highest BCUT2D eigenvalue weighted by atomic mass is 35.5. The highest BCUT2D eigenvalue weighted by Crippen LogP contribution is 2.34. The fourth-order valence-corrected chi connectivity index (χ4v) is 4.45. The van der Waals surface area contributed by atoms with E-state index in [2.05, 4.69) is 20.6 Å². The van der Waals surface area contributed by atoms with Crippen molar-refractivity contribution in [1.29, 1.82) is 0 Å². The Morgan fingerprint density at radius 2 is 1.89 bits per heavy atom. The Labute approximate surface area is 211 Å². The lowest BCUT2D eigenvalue weighted by Crippen LogP contribution is -2.07. The van der Waals surface area contributed by atoms with Crippen molar-refractivity contribution in [2.45, 2.75) is 13.1 Å². The number of nitrogens with one attached hydrogen (secondary N) is 2. The quantitative estimate of drug-likeness (QED) is 0.314. The summed E-state index contributed by atoms with van der Waals surface area (Å²) < 4.78 is 20.5. The van der Waals surface area contributed by atoms with Crippen molar-refractivity contribution in [3.8, 4) is 11.3 Å². The monoisotopic (exact) mass is 498 g/mol. The Kier molecular flexibility index (Phi) is 5.67. The lowest BCUT2D eigenvalue weighted by molar-refractivity contribution is 0.511. The third-order valence-corrected chi connectivity index (χ3v) is 6.14. The summed E-state index contributed by atoms with van der Waals surface area (Å²) in [4.78, 5) is 18.5. The van der Waals surface area contributed by atoms with Crippen LogP contribution in [-0.2, 0) is 13.1 Å². The molecule has 178 valence electrons. The van der Waals surface area contributed by atoms with Crippen LogP contribution in [0.2, 0.25) is 5.02 Å². The molecular weight excluding hydrogens is 479 g/mol. The second kappa shape index (κ2) is 9.14. The molecule has 2 aromatic heterocycles. The van der Waals surface area contributed by atoms with Gasteiger partial charge in [-0.25, -0.2) is 19.3 Å². The molecule has 7 nitrogen and oxygen atoms in total. The standard InChI is InChI=1S/C27H20ClFN6O/c1-30-14-24-34-22-9-7-17(11-23(22)36-24)33-27-32-13-15-12-31-26(19-4-2-3-5-21(19)29)20-10-16(28)6-8-18(20)25(15)35-27/h2-11,13,30H,12,14H2,1H3,(H,32,33,35). The number of hydrogen-bond acceptors (Lipinski definition) is 7. The summed E-state index contributed by atoms with van der Waals surface area (Å²) in [5, 5.41) is 6.82. The van der Waals surface area contributed by atoms with Gasteiger partial charge in [-0.3, -0.25) is 4.99 Å². The number of nitrogens with zero attached hydrogens (tertiary/aromatic N) is 4. The lowest BCUT2D eigenvalue weighted by atomic mass is 9.95. The maximum absolute atomic E-state index is 14.7. The van der Waals surface area contributed by atoms with Gasteiger partial charge in [0.05, 0.1) is 24.5 Å². The minimum atomic E-state index is -0.345. The number of benzene rings is 3. The van der Waals surface area contributed by atoms with Crippen LogP contribution in [0.1, 0.15) is 22.6 Å². The summed E-state index contributed by atoms with van der Waals surface area (Å²) in [6.45, 7) is 0.857. The first-order valence-electron chi connectivity index (χ1n) is 11.4. The van der Waals surface area contributed by atoms with Gasteiger partial charge >= 0.3 is 0 Å². The highest BCUT2D eigenvalue weighted by molar-refractivity contribution is 6.31.